The van der Waals surface area contributed by atoms with Crippen LogP contribution in [0.1, 0.15) is 52.4 Å². The quantitative estimate of drug-likeness (QED) is 0.759. The Bertz CT molecular complexity index is 343. The Morgan fingerprint density at radius 3 is 2.60 bits per heavy atom. The van der Waals surface area contributed by atoms with Crippen LogP contribution >= 0.6 is 0 Å². The summed E-state index contributed by atoms with van der Waals surface area (Å²) in [5.41, 5.74) is 5.66. The topological polar surface area (TPSA) is 55.6 Å². The van der Waals surface area contributed by atoms with E-state index in [1.54, 1.807) is 0 Å². The Morgan fingerprint density at radius 1 is 1.35 bits per heavy atom. The van der Waals surface area contributed by atoms with Crippen molar-refractivity contribution >= 4 is 5.97 Å². The summed E-state index contributed by atoms with van der Waals surface area (Å²) in [5, 5.41) is 0. The zero-order valence-electron chi connectivity index (χ0n) is 13.2. The van der Waals surface area contributed by atoms with Gasteiger partial charge in [0.05, 0.1) is 6.61 Å². The number of carbonyl (C=O) groups is 1. The van der Waals surface area contributed by atoms with E-state index >= 15 is 0 Å². The normalized spacial score (nSPS) is 30.1. The van der Waals surface area contributed by atoms with E-state index in [9.17, 15) is 4.79 Å². The van der Waals surface area contributed by atoms with Gasteiger partial charge >= 0.3 is 5.97 Å². The van der Waals surface area contributed by atoms with Gasteiger partial charge in [0.2, 0.25) is 0 Å². The number of nitrogens with two attached hydrogens (primary N) is 1. The number of rotatable bonds is 6. The molecule has 0 aromatic rings. The highest BCUT2D eigenvalue weighted by molar-refractivity contribution is 5.82. The fraction of sp³-hybridized carbons (Fsp3) is 0.938. The van der Waals surface area contributed by atoms with E-state index in [4.69, 9.17) is 10.5 Å². The van der Waals surface area contributed by atoms with E-state index in [0.29, 0.717) is 25.1 Å². The predicted molar refractivity (Wildman–Crippen MR) is 80.3 cm³/mol. The van der Waals surface area contributed by atoms with Crippen molar-refractivity contribution in [1.29, 1.82) is 0 Å². The van der Waals surface area contributed by atoms with Crippen LogP contribution in [-0.4, -0.2) is 42.6 Å². The number of hydrogen-bond acceptors (Lipinski definition) is 4. The summed E-state index contributed by atoms with van der Waals surface area (Å²) >= 11 is 0. The Hall–Kier alpha value is -0.610. The summed E-state index contributed by atoms with van der Waals surface area (Å²) in [4.78, 5) is 14.6. The molecule has 0 aromatic heterocycles. The van der Waals surface area contributed by atoms with Crippen molar-refractivity contribution in [2.24, 2.45) is 17.6 Å². The van der Waals surface area contributed by atoms with Gasteiger partial charge in [0.1, 0.15) is 5.54 Å². The van der Waals surface area contributed by atoms with Gasteiger partial charge in [-0.1, -0.05) is 19.8 Å². The van der Waals surface area contributed by atoms with Crippen LogP contribution in [0.5, 0.6) is 0 Å². The van der Waals surface area contributed by atoms with Crippen LogP contribution in [0.4, 0.5) is 0 Å². The lowest BCUT2D eigenvalue weighted by atomic mass is 9.85. The first-order chi connectivity index (χ1) is 9.47. The largest absolute Gasteiger partial charge is 0.465 e. The number of ether oxygens (including phenoxy) is 1. The number of carbonyl (C=O) groups excluding carboxylic acids is 1. The van der Waals surface area contributed by atoms with Crippen LogP contribution < -0.4 is 5.73 Å². The van der Waals surface area contributed by atoms with Crippen molar-refractivity contribution in [3.63, 3.8) is 0 Å². The van der Waals surface area contributed by atoms with Crippen molar-refractivity contribution in [3.05, 3.63) is 0 Å². The molecule has 2 N–H and O–H groups in total. The van der Waals surface area contributed by atoms with Crippen LogP contribution in [0.3, 0.4) is 0 Å². The molecule has 2 rings (SSSR count). The smallest absolute Gasteiger partial charge is 0.327 e. The van der Waals surface area contributed by atoms with Crippen molar-refractivity contribution < 1.29 is 9.53 Å². The maximum Gasteiger partial charge on any atom is 0.327 e. The maximum absolute atomic E-state index is 12.3. The van der Waals surface area contributed by atoms with Crippen molar-refractivity contribution in [2.45, 2.75) is 64.0 Å². The molecule has 0 bridgehead atoms. The van der Waals surface area contributed by atoms with E-state index in [-0.39, 0.29) is 5.97 Å². The minimum atomic E-state index is -0.800. The van der Waals surface area contributed by atoms with Crippen LogP contribution in [-0.2, 0) is 9.53 Å². The lowest BCUT2D eigenvalue weighted by Crippen LogP contribution is -2.59. The zero-order valence-corrected chi connectivity index (χ0v) is 13.2. The molecule has 4 nitrogen and oxygen atoms in total. The second-order valence-corrected chi connectivity index (χ2v) is 6.88. The molecule has 0 amide bonds. The van der Waals surface area contributed by atoms with Gasteiger partial charge in [0.15, 0.2) is 0 Å². The molecule has 0 radical (unpaired) electrons. The average Bonchev–Trinajstić information content (AvgIpc) is 3.23. The third-order valence-electron chi connectivity index (χ3n) is 5.00. The number of likely N-dealkylation sites (N-methyl/N-ethyl adjacent to an activating group) is 1. The van der Waals surface area contributed by atoms with Gasteiger partial charge in [-0.25, -0.2) is 4.79 Å². The summed E-state index contributed by atoms with van der Waals surface area (Å²) in [5.74, 6) is 0.884. The molecule has 2 aliphatic rings. The van der Waals surface area contributed by atoms with E-state index in [0.717, 1.165) is 18.8 Å². The molecule has 2 fully saturated rings. The molecule has 3 unspecified atom stereocenters. The minimum Gasteiger partial charge on any atom is -0.465 e. The molecular formula is C16H30N2O2. The maximum atomic E-state index is 12.3. The highest BCUT2D eigenvalue weighted by Crippen LogP contribution is 2.40. The number of esters is 1. The van der Waals surface area contributed by atoms with E-state index in [1.165, 1.54) is 25.7 Å². The lowest BCUT2D eigenvalue weighted by molar-refractivity contribution is -0.151. The standard InChI is InChI=1S/C16H30N2O2/c1-4-20-15(19)16(17,13-8-9-13)11-18(3)14-7-5-6-12(2)10-14/h12-14H,4-11,17H2,1-3H3. The molecule has 4 heteroatoms. The highest BCUT2D eigenvalue weighted by Gasteiger charge is 2.50. The Balaban J connectivity index is 1.98. The second-order valence-electron chi connectivity index (χ2n) is 6.88. The highest BCUT2D eigenvalue weighted by atomic mass is 16.5. The molecule has 20 heavy (non-hydrogen) atoms. The molecule has 0 spiro atoms. The summed E-state index contributed by atoms with van der Waals surface area (Å²) in [6.07, 6.45) is 7.19. The van der Waals surface area contributed by atoms with Crippen molar-refractivity contribution in [3.8, 4) is 0 Å². The molecule has 2 aliphatic carbocycles. The lowest BCUT2D eigenvalue weighted by Gasteiger charge is -2.39. The zero-order chi connectivity index (χ0) is 14.8. The molecule has 2 saturated carbocycles. The Morgan fingerprint density at radius 2 is 2.05 bits per heavy atom. The fourth-order valence-corrected chi connectivity index (χ4v) is 3.57. The van der Waals surface area contributed by atoms with Crippen molar-refractivity contribution in [2.75, 3.05) is 20.2 Å². The van der Waals surface area contributed by atoms with Gasteiger partial charge in [0, 0.05) is 12.6 Å². The monoisotopic (exact) mass is 282 g/mol. The molecular weight excluding hydrogens is 252 g/mol. The number of nitrogens with zero attached hydrogens (tertiary/aromatic N) is 1. The average molecular weight is 282 g/mol. The number of hydrogen-bond donors (Lipinski definition) is 1. The summed E-state index contributed by atoms with van der Waals surface area (Å²) in [6, 6.07) is 0.565. The first-order valence-corrected chi connectivity index (χ1v) is 8.13. The minimum absolute atomic E-state index is 0.210. The van der Waals surface area contributed by atoms with Crippen LogP contribution in [0, 0.1) is 11.8 Å². The molecule has 0 heterocycles. The van der Waals surface area contributed by atoms with Crippen LogP contribution in [0.2, 0.25) is 0 Å². The van der Waals surface area contributed by atoms with Gasteiger partial charge < -0.3 is 15.4 Å². The van der Waals surface area contributed by atoms with Gasteiger partial charge in [-0.05, 0) is 51.5 Å². The summed E-state index contributed by atoms with van der Waals surface area (Å²) < 4.78 is 5.23. The predicted octanol–water partition coefficient (Wildman–Crippen LogP) is 2.17. The Labute approximate surface area is 123 Å². The third-order valence-corrected chi connectivity index (χ3v) is 5.00. The SMILES string of the molecule is CCOC(=O)C(N)(CN(C)C1CCCC(C)C1)C1CC1. The molecule has 0 aliphatic heterocycles. The van der Waals surface area contributed by atoms with Gasteiger partial charge in [-0.3, -0.25) is 0 Å². The molecule has 3 atom stereocenters. The first kappa shape index (κ1) is 15.8. The fourth-order valence-electron chi connectivity index (χ4n) is 3.57. The first-order valence-electron chi connectivity index (χ1n) is 8.13. The van der Waals surface area contributed by atoms with E-state index in [2.05, 4.69) is 18.9 Å². The summed E-state index contributed by atoms with van der Waals surface area (Å²) in [7, 11) is 2.12. The molecule has 0 aromatic carbocycles. The van der Waals surface area contributed by atoms with E-state index in [1.807, 2.05) is 6.92 Å². The van der Waals surface area contributed by atoms with Crippen LogP contribution in [0.25, 0.3) is 0 Å². The van der Waals surface area contributed by atoms with Gasteiger partial charge in [-0.2, -0.15) is 0 Å². The molecule has 0 saturated heterocycles. The van der Waals surface area contributed by atoms with Crippen LogP contribution in [0.15, 0.2) is 0 Å². The second kappa shape index (κ2) is 6.44. The van der Waals surface area contributed by atoms with Crippen molar-refractivity contribution in [1.82, 2.24) is 4.90 Å². The molecule has 116 valence electrons. The third kappa shape index (κ3) is 3.53. The summed E-state index contributed by atoms with van der Waals surface area (Å²) in [6.45, 7) is 5.21. The van der Waals surface area contributed by atoms with Gasteiger partial charge in [-0.15, -0.1) is 0 Å². The Kier molecular flexibility index (Phi) is 5.08. The van der Waals surface area contributed by atoms with E-state index < -0.39 is 5.54 Å². The van der Waals surface area contributed by atoms with Gasteiger partial charge in [0.25, 0.3) is 0 Å².